The summed E-state index contributed by atoms with van der Waals surface area (Å²) < 4.78 is 24.9. The van der Waals surface area contributed by atoms with Gasteiger partial charge in [-0.1, -0.05) is 12.1 Å². The van der Waals surface area contributed by atoms with Gasteiger partial charge in [0.1, 0.15) is 0 Å². The number of carbonyl (C=O) groups excluding carboxylic acids is 1. The van der Waals surface area contributed by atoms with Crippen LogP contribution in [-0.2, 0) is 25.4 Å². The molecule has 18 heavy (non-hydrogen) atoms. The van der Waals surface area contributed by atoms with Gasteiger partial charge in [-0.25, -0.2) is 13.3 Å². The molecular weight excluding hydrogens is 260 g/mol. The second-order valence-electron chi connectivity index (χ2n) is 3.53. The maximum absolute atomic E-state index is 11.5. The summed E-state index contributed by atoms with van der Waals surface area (Å²) in [5.41, 5.74) is 0.548. The van der Waals surface area contributed by atoms with Gasteiger partial charge in [-0.05, 0) is 5.56 Å². The molecule has 0 aliphatic rings. The molecule has 0 saturated heterocycles. The lowest BCUT2D eigenvalue weighted by Gasteiger charge is -2.04. The Kier molecular flexibility index (Phi) is 4.38. The molecular formula is C10H13N2O5S+. The van der Waals surface area contributed by atoms with Gasteiger partial charge < -0.3 is 0 Å². The Labute approximate surface area is 104 Å². The highest BCUT2D eigenvalue weighted by Crippen LogP contribution is 2.15. The fourth-order valence-electron chi connectivity index (χ4n) is 1.34. The first-order valence-corrected chi connectivity index (χ1v) is 6.60. The van der Waals surface area contributed by atoms with Gasteiger partial charge in [-0.15, -0.1) is 0 Å². The van der Waals surface area contributed by atoms with E-state index >= 15 is 0 Å². The first-order valence-electron chi connectivity index (χ1n) is 4.95. The van der Waals surface area contributed by atoms with E-state index in [0.29, 0.717) is 5.56 Å². The molecule has 8 heteroatoms. The minimum absolute atomic E-state index is 0.174. The molecule has 0 aliphatic carbocycles. The molecule has 1 amide bonds. The van der Waals surface area contributed by atoms with E-state index < -0.39 is 21.7 Å². The van der Waals surface area contributed by atoms with Crippen molar-refractivity contribution in [2.75, 3.05) is 7.11 Å². The zero-order valence-electron chi connectivity index (χ0n) is 9.91. The van der Waals surface area contributed by atoms with Crippen LogP contribution in [0, 0.1) is 4.91 Å². The van der Waals surface area contributed by atoms with Gasteiger partial charge in [0.05, 0.1) is 10.7 Å². The molecule has 1 rings (SSSR count). The Morgan fingerprint density at radius 2 is 2.11 bits per heavy atom. The van der Waals surface area contributed by atoms with E-state index in [0.717, 1.165) is 6.92 Å². The van der Waals surface area contributed by atoms with Gasteiger partial charge in [-0.3, -0.25) is 9.52 Å². The van der Waals surface area contributed by atoms with Crippen molar-refractivity contribution in [3.05, 3.63) is 34.7 Å². The van der Waals surface area contributed by atoms with Crippen LogP contribution in [-0.4, -0.2) is 26.4 Å². The summed E-state index contributed by atoms with van der Waals surface area (Å²) in [7, 11) is -2.54. The van der Waals surface area contributed by atoms with Crippen LogP contribution in [0.15, 0.2) is 24.3 Å². The Hall–Kier alpha value is -1.96. The minimum atomic E-state index is -3.74. The molecule has 0 aromatic heterocycles. The van der Waals surface area contributed by atoms with Gasteiger partial charge >= 0.3 is 5.69 Å². The number of amides is 1. The predicted octanol–water partition coefficient (Wildman–Crippen LogP) is 0.624. The number of rotatable bonds is 5. The van der Waals surface area contributed by atoms with Crippen LogP contribution in [0.1, 0.15) is 12.5 Å². The van der Waals surface area contributed by atoms with E-state index in [9.17, 15) is 18.1 Å². The maximum atomic E-state index is 11.5. The third-order valence-electron chi connectivity index (χ3n) is 1.94. The number of sulfonamides is 1. The summed E-state index contributed by atoms with van der Waals surface area (Å²) in [6.07, 6.45) is 0. The largest absolute Gasteiger partial charge is 0.317 e. The second-order valence-corrected chi connectivity index (χ2v) is 5.25. The lowest BCUT2D eigenvalue weighted by molar-refractivity contribution is -0.736. The summed E-state index contributed by atoms with van der Waals surface area (Å²) in [4.78, 5) is 26.6. The van der Waals surface area contributed by atoms with Crippen LogP contribution in [0.2, 0.25) is 0 Å². The van der Waals surface area contributed by atoms with Gasteiger partial charge in [-0.2, -0.15) is 0 Å². The first kappa shape index (κ1) is 14.1. The highest BCUT2D eigenvalue weighted by Gasteiger charge is 2.18. The van der Waals surface area contributed by atoms with Gasteiger partial charge in [0, 0.05) is 19.1 Å². The average molecular weight is 273 g/mol. The van der Waals surface area contributed by atoms with E-state index in [-0.39, 0.29) is 10.6 Å². The molecule has 0 unspecified atom stereocenters. The van der Waals surface area contributed by atoms with Gasteiger partial charge in [0.25, 0.3) is 4.92 Å². The van der Waals surface area contributed by atoms with Gasteiger partial charge in [0.2, 0.25) is 15.9 Å². The molecule has 1 N–H and O–H groups in total. The molecule has 0 spiro atoms. The number of carbonyl (C=O) groups is 1. The molecule has 1 aromatic rings. The minimum Gasteiger partial charge on any atom is -0.274 e. The van der Waals surface area contributed by atoms with Gasteiger partial charge in [0.15, 0.2) is 7.11 Å². The summed E-state index contributed by atoms with van der Waals surface area (Å²) in [5, 5.41) is 0. The third kappa shape index (κ3) is 4.13. The number of hydrogen-bond acceptors (Lipinski definition) is 5. The Balaban J connectivity index is 2.92. The number of benzene rings is 1. The molecule has 0 aliphatic heterocycles. The molecule has 0 bridgehead atoms. The number of nitrogens with zero attached hydrogens (tertiary/aromatic N) is 1. The highest BCUT2D eigenvalue weighted by atomic mass is 32.2. The van der Waals surface area contributed by atoms with Crippen LogP contribution < -0.4 is 4.72 Å². The van der Waals surface area contributed by atoms with E-state index in [1.54, 1.807) is 0 Å². The van der Waals surface area contributed by atoms with E-state index in [4.69, 9.17) is 0 Å². The highest BCUT2D eigenvalue weighted by molar-refractivity contribution is 7.89. The van der Waals surface area contributed by atoms with Crippen molar-refractivity contribution in [2.45, 2.75) is 12.7 Å². The topological polar surface area (TPSA) is 92.6 Å². The summed E-state index contributed by atoms with van der Waals surface area (Å²) in [6, 6.07) is 5.91. The molecule has 0 heterocycles. The van der Waals surface area contributed by atoms with Crippen LogP contribution in [0.25, 0.3) is 0 Å². The van der Waals surface area contributed by atoms with E-state index in [2.05, 4.69) is 4.84 Å². The van der Waals surface area contributed by atoms with Crippen molar-refractivity contribution in [1.82, 2.24) is 4.72 Å². The van der Waals surface area contributed by atoms with E-state index in [1.807, 2.05) is 4.72 Å². The Morgan fingerprint density at radius 1 is 1.44 bits per heavy atom. The molecule has 0 fully saturated rings. The van der Waals surface area contributed by atoms with Crippen molar-refractivity contribution in [3.63, 3.8) is 0 Å². The fraction of sp³-hybridized carbons (Fsp3) is 0.300. The quantitative estimate of drug-likeness (QED) is 0.794. The Morgan fingerprint density at radius 3 is 2.67 bits per heavy atom. The second kappa shape index (κ2) is 5.58. The molecule has 0 atom stereocenters. The number of nitrogens with one attached hydrogen (secondary N) is 1. The molecule has 7 nitrogen and oxygen atoms in total. The molecule has 98 valence electrons. The third-order valence-corrected chi connectivity index (χ3v) is 3.25. The molecule has 1 aromatic carbocycles. The molecule has 0 radical (unpaired) electrons. The van der Waals surface area contributed by atoms with Crippen LogP contribution in [0.3, 0.4) is 0 Å². The van der Waals surface area contributed by atoms with Crippen LogP contribution in [0.5, 0.6) is 0 Å². The van der Waals surface area contributed by atoms with Crippen molar-refractivity contribution in [3.8, 4) is 0 Å². The number of hydrogen-bond donors (Lipinski definition) is 1. The van der Waals surface area contributed by atoms with Crippen molar-refractivity contribution in [1.29, 1.82) is 0 Å². The SMILES string of the molecule is CO[N+](=O)c1cccc(CS(=O)(=O)NC(C)=O)c1. The Bertz CT molecular complexity index is 567. The molecule has 0 saturated carbocycles. The predicted molar refractivity (Wildman–Crippen MR) is 63.2 cm³/mol. The zero-order chi connectivity index (χ0) is 13.8. The maximum Gasteiger partial charge on any atom is 0.317 e. The lowest BCUT2D eigenvalue weighted by atomic mass is 10.2. The fourth-order valence-corrected chi connectivity index (χ4v) is 2.47. The summed E-state index contributed by atoms with van der Waals surface area (Å²) in [5.74, 6) is -1.05. The monoisotopic (exact) mass is 273 g/mol. The van der Waals surface area contributed by atoms with Crippen molar-refractivity contribution < 1.29 is 23.0 Å². The summed E-state index contributed by atoms with van der Waals surface area (Å²) >= 11 is 0. The van der Waals surface area contributed by atoms with Crippen molar-refractivity contribution >= 4 is 21.6 Å². The van der Waals surface area contributed by atoms with Crippen molar-refractivity contribution in [2.24, 2.45) is 0 Å². The van der Waals surface area contributed by atoms with Crippen LogP contribution >= 0.6 is 0 Å². The lowest BCUT2D eigenvalue weighted by Crippen LogP contribution is -2.29. The normalized spacial score (nSPS) is 10.8. The van der Waals surface area contributed by atoms with Crippen LogP contribution in [0.4, 0.5) is 5.69 Å². The van der Waals surface area contributed by atoms with E-state index in [1.165, 1.54) is 31.4 Å². The smallest absolute Gasteiger partial charge is 0.274 e. The standard InChI is InChI=1S/C10H12N2O5S/c1-8(13)11-18(15,16)7-9-4-3-5-10(6-9)12(14)17-2/h3-6H,7H2,1-2H3/p+1. The first-order chi connectivity index (χ1) is 8.34. The zero-order valence-corrected chi connectivity index (χ0v) is 10.7. The average Bonchev–Trinajstić information content (AvgIpc) is 2.25. The summed E-state index contributed by atoms with van der Waals surface area (Å²) in [6.45, 7) is 1.11.